The molecule has 0 radical (unpaired) electrons. The molecule has 0 spiro atoms. The second-order valence-electron chi connectivity index (χ2n) is 11.8. The average molecular weight is 752 g/mol. The number of aromatic nitrogens is 2. The zero-order chi connectivity index (χ0) is 36.7. The van der Waals surface area contributed by atoms with E-state index in [9.17, 15) is 33.9 Å². The van der Waals surface area contributed by atoms with Gasteiger partial charge in [-0.05, 0) is 40.2 Å². The fraction of sp³-hybridized carbons (Fsp3) is 0.484. The lowest BCUT2D eigenvalue weighted by Gasteiger charge is -2.50. The summed E-state index contributed by atoms with van der Waals surface area (Å²) in [6.07, 6.45) is -5.05. The van der Waals surface area contributed by atoms with E-state index in [1.807, 2.05) is 0 Å². The number of nitrogens with one attached hydrogen (secondary N) is 2. The maximum absolute atomic E-state index is 13.5. The fourth-order valence-electron chi connectivity index (χ4n) is 4.79. The van der Waals surface area contributed by atoms with Gasteiger partial charge in [0.15, 0.2) is 16.2 Å². The van der Waals surface area contributed by atoms with Gasteiger partial charge in [0.1, 0.15) is 28.2 Å². The summed E-state index contributed by atoms with van der Waals surface area (Å²) < 4.78 is 20.9. The van der Waals surface area contributed by atoms with Gasteiger partial charge in [-0.15, -0.1) is 22.0 Å². The number of alkyl carbamates (subject to hydrolysis) is 1. The van der Waals surface area contributed by atoms with Crippen LogP contribution in [0.25, 0.3) is 0 Å². The smallest absolute Gasteiger partial charge is 0.444 e. The van der Waals surface area contributed by atoms with E-state index in [-0.39, 0.29) is 34.9 Å². The summed E-state index contributed by atoms with van der Waals surface area (Å²) >= 11 is 3.89. The van der Waals surface area contributed by atoms with Gasteiger partial charge in [0.25, 0.3) is 11.8 Å². The van der Waals surface area contributed by atoms with Gasteiger partial charge in [0, 0.05) is 29.6 Å². The van der Waals surface area contributed by atoms with Crippen LogP contribution in [0.2, 0.25) is 0 Å². The van der Waals surface area contributed by atoms with E-state index in [1.54, 1.807) is 39.3 Å². The first kappa shape index (κ1) is 38.6. The Hall–Kier alpha value is -4.20. The van der Waals surface area contributed by atoms with Crippen molar-refractivity contribution in [3.05, 3.63) is 52.2 Å². The highest BCUT2D eigenvalue weighted by Crippen LogP contribution is 2.42. The summed E-state index contributed by atoms with van der Waals surface area (Å²) in [5, 5.41) is 23.1. The van der Waals surface area contributed by atoms with Gasteiger partial charge in [0.05, 0.1) is 12.6 Å². The first-order chi connectivity index (χ1) is 23.6. The van der Waals surface area contributed by atoms with E-state index in [4.69, 9.17) is 18.9 Å². The molecule has 0 saturated carbocycles. The van der Waals surface area contributed by atoms with Crippen molar-refractivity contribution in [3.63, 3.8) is 0 Å². The number of hydrogen-bond acceptors (Lipinski definition) is 16. The number of amides is 3. The zero-order valence-corrected chi connectivity index (χ0v) is 30.4. The average Bonchev–Trinajstić information content (AvgIpc) is 3.57. The van der Waals surface area contributed by atoms with Crippen molar-refractivity contribution in [2.45, 2.75) is 81.3 Å². The van der Waals surface area contributed by atoms with Crippen LogP contribution in [0, 0.1) is 0 Å². The number of nitrogens with zero attached hydrogens (tertiary/aromatic N) is 3. The third-order valence-corrected chi connectivity index (χ3v) is 10.2. The Labute approximate surface area is 300 Å². The first-order valence-corrected chi connectivity index (χ1v) is 18.2. The van der Waals surface area contributed by atoms with Gasteiger partial charge in [-0.25, -0.2) is 14.4 Å². The van der Waals surface area contributed by atoms with Crippen LogP contribution in [0.15, 0.2) is 45.4 Å². The molecule has 1 aromatic heterocycles. The molecule has 2 aromatic rings. The second-order valence-corrected chi connectivity index (χ2v) is 15.0. The topological polar surface area (TPSA) is 213 Å². The number of ether oxygens (including phenoxy) is 4. The molecule has 3 heterocycles. The molecule has 19 heteroatoms. The third kappa shape index (κ3) is 9.52. The SMILES string of the molecule is CCOC(=O)OC(C)OC(=O)C1=C(CSc2nncs2)CS[C@H]2C(NC(=O)C(O)c3ccccc3C(=O)[C@H](C)NC(=O)OC(C)(C)C)C(=O)N12. The summed E-state index contributed by atoms with van der Waals surface area (Å²) in [7, 11) is 0. The van der Waals surface area contributed by atoms with Crippen LogP contribution in [0.1, 0.15) is 63.6 Å². The van der Waals surface area contributed by atoms with E-state index < -0.39 is 71.3 Å². The van der Waals surface area contributed by atoms with Crippen molar-refractivity contribution in [2.24, 2.45) is 0 Å². The van der Waals surface area contributed by atoms with Crippen LogP contribution in [0.4, 0.5) is 9.59 Å². The summed E-state index contributed by atoms with van der Waals surface area (Å²) in [4.78, 5) is 78.8. The molecule has 4 rings (SSSR count). The van der Waals surface area contributed by atoms with Gasteiger partial charge in [-0.3, -0.25) is 19.3 Å². The highest BCUT2D eigenvalue weighted by molar-refractivity contribution is 8.01. The number of ketones is 1. The summed E-state index contributed by atoms with van der Waals surface area (Å²) in [5.74, 6) is -2.59. The van der Waals surface area contributed by atoms with Crippen molar-refractivity contribution in [2.75, 3.05) is 18.1 Å². The number of Topliss-reactive ketones (excluding diaryl/α,β-unsaturated/α-hetero) is 1. The van der Waals surface area contributed by atoms with Gasteiger partial charge in [0.2, 0.25) is 6.29 Å². The molecule has 3 unspecified atom stereocenters. The number of thioether (sulfide) groups is 2. The molecule has 1 aromatic carbocycles. The lowest BCUT2D eigenvalue weighted by molar-refractivity contribution is -0.169. The van der Waals surface area contributed by atoms with Crippen molar-refractivity contribution in [1.29, 1.82) is 0 Å². The normalized spacial score (nSPS) is 18.9. The lowest BCUT2D eigenvalue weighted by Crippen LogP contribution is -2.71. The fourth-order valence-corrected chi connectivity index (χ4v) is 7.77. The van der Waals surface area contributed by atoms with Gasteiger partial charge in [-0.2, -0.15) is 0 Å². The molecule has 3 amide bonds. The number of aliphatic hydroxyl groups excluding tert-OH is 1. The van der Waals surface area contributed by atoms with Gasteiger partial charge in [-0.1, -0.05) is 47.4 Å². The summed E-state index contributed by atoms with van der Waals surface area (Å²) in [5.41, 5.74) is 1.18. The van der Waals surface area contributed by atoms with Crippen molar-refractivity contribution < 1.29 is 52.8 Å². The Kier molecular flexibility index (Phi) is 12.9. The Morgan fingerprint density at radius 3 is 2.52 bits per heavy atom. The Balaban J connectivity index is 1.48. The van der Waals surface area contributed by atoms with Crippen LogP contribution < -0.4 is 10.6 Å². The second kappa shape index (κ2) is 16.7. The molecule has 2 aliphatic heterocycles. The molecule has 270 valence electrons. The van der Waals surface area contributed by atoms with Crippen molar-refractivity contribution in [1.82, 2.24) is 25.7 Å². The van der Waals surface area contributed by atoms with Gasteiger partial charge < -0.3 is 34.7 Å². The van der Waals surface area contributed by atoms with Crippen LogP contribution in [-0.4, -0.2) is 103 Å². The number of aliphatic hydroxyl groups is 1. The predicted octanol–water partition coefficient (Wildman–Crippen LogP) is 3.18. The van der Waals surface area contributed by atoms with Gasteiger partial charge >= 0.3 is 18.2 Å². The number of carbonyl (C=O) groups is 6. The maximum Gasteiger partial charge on any atom is 0.511 e. The van der Waals surface area contributed by atoms with Crippen LogP contribution in [0.5, 0.6) is 0 Å². The molecule has 16 nitrogen and oxygen atoms in total. The molecule has 1 saturated heterocycles. The van der Waals surface area contributed by atoms with E-state index in [2.05, 4.69) is 20.8 Å². The predicted molar refractivity (Wildman–Crippen MR) is 181 cm³/mol. The van der Waals surface area contributed by atoms with E-state index in [1.165, 1.54) is 71.8 Å². The van der Waals surface area contributed by atoms with E-state index >= 15 is 0 Å². The molecule has 50 heavy (non-hydrogen) atoms. The van der Waals surface area contributed by atoms with Crippen LogP contribution >= 0.6 is 34.9 Å². The number of carbonyl (C=O) groups excluding carboxylic acids is 6. The zero-order valence-electron chi connectivity index (χ0n) is 28.0. The molecular formula is C31H37N5O11S3. The molecule has 0 bridgehead atoms. The first-order valence-electron chi connectivity index (χ1n) is 15.3. The summed E-state index contributed by atoms with van der Waals surface area (Å²) in [6.45, 7) is 9.42. The Morgan fingerprint density at radius 2 is 1.86 bits per heavy atom. The Morgan fingerprint density at radius 1 is 1.14 bits per heavy atom. The van der Waals surface area contributed by atoms with Crippen molar-refractivity contribution >= 4 is 70.7 Å². The molecule has 1 fully saturated rings. The minimum Gasteiger partial charge on any atom is -0.444 e. The monoisotopic (exact) mass is 751 g/mol. The number of fused-ring (bicyclic) bond motifs is 1. The van der Waals surface area contributed by atoms with E-state index in [0.717, 1.165) is 0 Å². The minimum atomic E-state index is -1.86. The number of benzene rings is 1. The third-order valence-electron chi connectivity index (χ3n) is 6.94. The number of β-lactam (4-membered cyclic amide) rings is 1. The van der Waals surface area contributed by atoms with Crippen LogP contribution in [-0.2, 0) is 33.3 Å². The molecule has 2 aliphatic rings. The number of hydrogen-bond donors (Lipinski definition) is 3. The molecule has 3 N–H and O–H groups in total. The van der Waals surface area contributed by atoms with Crippen molar-refractivity contribution in [3.8, 4) is 0 Å². The van der Waals surface area contributed by atoms with Crippen LogP contribution in [0.3, 0.4) is 0 Å². The lowest BCUT2D eigenvalue weighted by atomic mass is 9.95. The molecular weight excluding hydrogens is 715 g/mol. The van der Waals surface area contributed by atoms with E-state index in [0.29, 0.717) is 9.91 Å². The Bertz CT molecular complexity index is 1650. The highest BCUT2D eigenvalue weighted by Gasteiger charge is 2.55. The standard InChI is InChI=1S/C31H37N5O11S3/c1-7-44-30(43)46-16(3)45-27(41)21-17(13-49-29-35-32-14-50-29)12-48-26-20(25(40)36(21)26)34-24(39)23(38)19-11-9-8-10-18(19)22(37)15(2)33-28(42)47-31(4,5)6/h8-11,14-16,20,23,26,38H,7,12-13H2,1-6H3,(H,33,42)(H,34,39)/t15-,16?,20?,23?,26-/m0/s1. The summed E-state index contributed by atoms with van der Waals surface area (Å²) in [6, 6.07) is 3.67. The number of rotatable bonds is 13. The largest absolute Gasteiger partial charge is 0.511 e. The molecule has 5 atom stereocenters. The highest BCUT2D eigenvalue weighted by atomic mass is 32.2. The number of esters is 1. The minimum absolute atomic E-state index is 0.0167. The maximum atomic E-state index is 13.5. The quantitative estimate of drug-likeness (QED) is 0.0670. The molecule has 0 aliphatic carbocycles.